The van der Waals surface area contributed by atoms with Crippen LogP contribution >= 0.6 is 0 Å². The minimum absolute atomic E-state index is 0.0325. The van der Waals surface area contributed by atoms with Crippen molar-refractivity contribution in [1.82, 2.24) is 14.6 Å². The molecule has 3 rings (SSSR count). The van der Waals surface area contributed by atoms with E-state index in [1.54, 1.807) is 6.20 Å². The van der Waals surface area contributed by atoms with Crippen LogP contribution in [0.25, 0.3) is 5.52 Å². The lowest BCUT2D eigenvalue weighted by Crippen LogP contribution is -2.15. The van der Waals surface area contributed by atoms with Crippen LogP contribution in [0.15, 0.2) is 48.8 Å². The van der Waals surface area contributed by atoms with E-state index in [0.717, 1.165) is 35.6 Å². The first kappa shape index (κ1) is 13.6. The molecule has 0 saturated heterocycles. The first-order valence-corrected chi connectivity index (χ1v) is 7.09. The number of aromatic nitrogens is 3. The van der Waals surface area contributed by atoms with Crippen molar-refractivity contribution in [3.8, 4) is 0 Å². The van der Waals surface area contributed by atoms with Gasteiger partial charge in [0, 0.05) is 25.0 Å². The predicted molar refractivity (Wildman–Crippen MR) is 84.2 cm³/mol. The SMILES string of the molecule is Cc1cc2c(NCCC(N)c3ccccc3)nccn2n1. The number of benzene rings is 1. The Labute approximate surface area is 123 Å². The number of hydrogen-bond donors (Lipinski definition) is 2. The maximum Gasteiger partial charge on any atom is 0.152 e. The van der Waals surface area contributed by atoms with E-state index in [4.69, 9.17) is 5.73 Å². The van der Waals surface area contributed by atoms with Gasteiger partial charge < -0.3 is 11.1 Å². The Balaban J connectivity index is 1.64. The average Bonchev–Trinajstić information content (AvgIpc) is 2.89. The molecule has 0 aliphatic heterocycles. The predicted octanol–water partition coefficient (Wildman–Crippen LogP) is 2.54. The summed E-state index contributed by atoms with van der Waals surface area (Å²) in [7, 11) is 0. The Morgan fingerprint density at radius 1 is 1.29 bits per heavy atom. The van der Waals surface area contributed by atoms with Crippen molar-refractivity contribution in [3.05, 3.63) is 60.0 Å². The van der Waals surface area contributed by atoms with Gasteiger partial charge >= 0.3 is 0 Å². The molecule has 2 heterocycles. The Hall–Kier alpha value is -2.40. The highest BCUT2D eigenvalue weighted by Crippen LogP contribution is 2.16. The molecule has 5 heteroatoms. The first-order valence-electron chi connectivity index (χ1n) is 7.09. The van der Waals surface area contributed by atoms with Crippen LogP contribution in [0.2, 0.25) is 0 Å². The van der Waals surface area contributed by atoms with E-state index in [0.29, 0.717) is 0 Å². The second-order valence-corrected chi connectivity index (χ2v) is 5.12. The molecule has 0 radical (unpaired) electrons. The molecule has 0 aliphatic carbocycles. The molecule has 3 aromatic rings. The number of fused-ring (bicyclic) bond motifs is 1. The van der Waals surface area contributed by atoms with Gasteiger partial charge in [-0.1, -0.05) is 30.3 Å². The summed E-state index contributed by atoms with van der Waals surface area (Å²) in [4.78, 5) is 4.38. The largest absolute Gasteiger partial charge is 0.368 e. The molecule has 1 aromatic carbocycles. The molecule has 1 atom stereocenters. The van der Waals surface area contributed by atoms with Gasteiger partial charge in [-0.3, -0.25) is 0 Å². The molecule has 108 valence electrons. The molecule has 0 saturated carbocycles. The van der Waals surface area contributed by atoms with Crippen LogP contribution in [-0.2, 0) is 0 Å². The zero-order valence-corrected chi connectivity index (χ0v) is 12.0. The molecule has 0 fully saturated rings. The number of aryl methyl sites for hydroxylation is 1. The van der Waals surface area contributed by atoms with Gasteiger partial charge in [-0.25, -0.2) is 9.50 Å². The molecule has 2 aromatic heterocycles. The summed E-state index contributed by atoms with van der Waals surface area (Å²) < 4.78 is 1.84. The topological polar surface area (TPSA) is 68.2 Å². The van der Waals surface area contributed by atoms with Gasteiger partial charge in [-0.05, 0) is 25.0 Å². The smallest absolute Gasteiger partial charge is 0.152 e. The Bertz CT molecular complexity index is 720. The fourth-order valence-corrected chi connectivity index (χ4v) is 2.39. The van der Waals surface area contributed by atoms with E-state index in [2.05, 4.69) is 27.5 Å². The summed E-state index contributed by atoms with van der Waals surface area (Å²) in [6, 6.07) is 12.2. The number of nitrogens with one attached hydrogen (secondary N) is 1. The van der Waals surface area contributed by atoms with Crippen LogP contribution in [-0.4, -0.2) is 21.1 Å². The number of nitrogens with zero attached hydrogens (tertiary/aromatic N) is 3. The third kappa shape index (κ3) is 3.03. The second-order valence-electron chi connectivity index (χ2n) is 5.12. The summed E-state index contributed by atoms with van der Waals surface area (Å²) >= 11 is 0. The van der Waals surface area contributed by atoms with Gasteiger partial charge in [0.15, 0.2) is 5.82 Å². The normalized spacial score (nSPS) is 12.5. The van der Waals surface area contributed by atoms with E-state index in [9.17, 15) is 0 Å². The minimum Gasteiger partial charge on any atom is -0.368 e. The monoisotopic (exact) mass is 281 g/mol. The number of hydrogen-bond acceptors (Lipinski definition) is 4. The van der Waals surface area contributed by atoms with Crippen LogP contribution in [0.3, 0.4) is 0 Å². The van der Waals surface area contributed by atoms with Gasteiger partial charge in [0.1, 0.15) is 5.52 Å². The van der Waals surface area contributed by atoms with Crippen molar-refractivity contribution >= 4 is 11.3 Å². The Morgan fingerprint density at radius 3 is 2.90 bits per heavy atom. The molecule has 21 heavy (non-hydrogen) atoms. The lowest BCUT2D eigenvalue weighted by Gasteiger charge is -2.13. The maximum absolute atomic E-state index is 6.20. The second kappa shape index (κ2) is 5.93. The summed E-state index contributed by atoms with van der Waals surface area (Å²) in [6.07, 6.45) is 4.45. The molecule has 5 nitrogen and oxygen atoms in total. The van der Waals surface area contributed by atoms with Gasteiger partial charge in [-0.2, -0.15) is 5.10 Å². The van der Waals surface area contributed by atoms with Crippen molar-refractivity contribution in [3.63, 3.8) is 0 Å². The van der Waals surface area contributed by atoms with Crippen LogP contribution in [0, 0.1) is 6.92 Å². The molecule has 0 bridgehead atoms. The zero-order chi connectivity index (χ0) is 14.7. The molecule has 3 N–H and O–H groups in total. The van der Waals surface area contributed by atoms with E-state index in [1.807, 2.05) is 41.9 Å². The van der Waals surface area contributed by atoms with Crippen LogP contribution < -0.4 is 11.1 Å². The standard InChI is InChI=1S/C16H19N5/c1-12-11-15-16(19-9-10-21(15)20-12)18-8-7-14(17)13-5-3-2-4-6-13/h2-6,9-11,14H,7-8,17H2,1H3,(H,18,19). The summed E-state index contributed by atoms with van der Waals surface area (Å²) in [5, 5.41) is 7.73. The molecule has 0 spiro atoms. The van der Waals surface area contributed by atoms with Crippen molar-refractivity contribution < 1.29 is 0 Å². The van der Waals surface area contributed by atoms with Crippen molar-refractivity contribution in [2.24, 2.45) is 5.73 Å². The lowest BCUT2D eigenvalue weighted by molar-refractivity contribution is 0.674. The van der Waals surface area contributed by atoms with Crippen LogP contribution in [0.5, 0.6) is 0 Å². The lowest BCUT2D eigenvalue weighted by atomic mass is 10.1. The highest BCUT2D eigenvalue weighted by Gasteiger charge is 2.07. The van der Waals surface area contributed by atoms with Gasteiger partial charge in [0.05, 0.1) is 5.69 Å². The van der Waals surface area contributed by atoms with Crippen molar-refractivity contribution in [2.75, 3.05) is 11.9 Å². The number of rotatable bonds is 5. The molecule has 0 aliphatic rings. The van der Waals surface area contributed by atoms with Crippen LogP contribution in [0.1, 0.15) is 23.7 Å². The van der Waals surface area contributed by atoms with E-state index >= 15 is 0 Å². The molecular weight excluding hydrogens is 262 g/mol. The third-order valence-electron chi connectivity index (χ3n) is 3.49. The molecule has 1 unspecified atom stereocenters. The average molecular weight is 281 g/mol. The van der Waals surface area contributed by atoms with Crippen LogP contribution in [0.4, 0.5) is 5.82 Å². The third-order valence-corrected chi connectivity index (χ3v) is 3.49. The van der Waals surface area contributed by atoms with Gasteiger partial charge in [0.25, 0.3) is 0 Å². The summed E-state index contributed by atoms with van der Waals surface area (Å²) in [5.74, 6) is 0.846. The zero-order valence-electron chi connectivity index (χ0n) is 12.0. The van der Waals surface area contributed by atoms with Crippen molar-refractivity contribution in [1.29, 1.82) is 0 Å². The van der Waals surface area contributed by atoms with E-state index < -0.39 is 0 Å². The van der Waals surface area contributed by atoms with E-state index in [1.165, 1.54) is 0 Å². The first-order chi connectivity index (χ1) is 10.2. The quantitative estimate of drug-likeness (QED) is 0.754. The Kier molecular flexibility index (Phi) is 3.83. The minimum atomic E-state index is 0.0325. The fraction of sp³-hybridized carbons (Fsp3) is 0.250. The molecule has 0 amide bonds. The summed E-state index contributed by atoms with van der Waals surface area (Å²) in [6.45, 7) is 2.75. The highest BCUT2D eigenvalue weighted by atomic mass is 15.2. The summed E-state index contributed by atoms with van der Waals surface area (Å²) in [5.41, 5.74) is 9.32. The highest BCUT2D eigenvalue weighted by molar-refractivity contribution is 5.67. The van der Waals surface area contributed by atoms with E-state index in [-0.39, 0.29) is 6.04 Å². The number of anilines is 1. The fourth-order valence-electron chi connectivity index (χ4n) is 2.39. The maximum atomic E-state index is 6.20. The van der Waals surface area contributed by atoms with Gasteiger partial charge in [-0.15, -0.1) is 0 Å². The van der Waals surface area contributed by atoms with Crippen molar-refractivity contribution in [2.45, 2.75) is 19.4 Å². The number of nitrogens with two attached hydrogens (primary N) is 1. The Morgan fingerprint density at radius 2 is 2.10 bits per heavy atom. The van der Waals surface area contributed by atoms with Gasteiger partial charge in [0.2, 0.25) is 0 Å². The molecular formula is C16H19N5.